The molecule has 1 aliphatic rings. The van der Waals surface area contributed by atoms with E-state index in [4.69, 9.17) is 0 Å². The lowest BCUT2D eigenvalue weighted by molar-refractivity contribution is 0.0989. The average Bonchev–Trinajstić information content (AvgIpc) is 3.18. The Hall–Kier alpha value is -2.96. The zero-order chi connectivity index (χ0) is 21.3. The van der Waals surface area contributed by atoms with Crippen LogP contribution in [0.1, 0.15) is 27.0 Å². The minimum atomic E-state index is -3.62. The van der Waals surface area contributed by atoms with Crippen molar-refractivity contribution in [3.8, 4) is 0 Å². The topological polar surface area (TPSA) is 57.7 Å². The molecule has 0 unspecified atom stereocenters. The van der Waals surface area contributed by atoms with Gasteiger partial charge in [-0.05, 0) is 54.8 Å². The Kier molecular flexibility index (Phi) is 5.45. The Morgan fingerprint density at radius 3 is 2.40 bits per heavy atom. The Labute approximate surface area is 177 Å². The molecule has 5 nitrogen and oxygen atoms in total. The van der Waals surface area contributed by atoms with Crippen molar-refractivity contribution in [3.05, 3.63) is 95.1 Å². The zero-order valence-electron chi connectivity index (χ0n) is 17.1. The van der Waals surface area contributed by atoms with E-state index < -0.39 is 10.0 Å². The first-order chi connectivity index (χ1) is 14.4. The highest BCUT2D eigenvalue weighted by atomic mass is 32.2. The number of anilines is 1. The second kappa shape index (κ2) is 8.05. The minimum absolute atomic E-state index is 0.0643. The van der Waals surface area contributed by atoms with Gasteiger partial charge in [0.05, 0.1) is 4.90 Å². The van der Waals surface area contributed by atoms with E-state index in [2.05, 4.69) is 0 Å². The number of fused-ring (bicyclic) bond motifs is 1. The third kappa shape index (κ3) is 3.88. The molecule has 0 bridgehead atoms. The second-order valence-corrected chi connectivity index (χ2v) is 9.65. The Balaban J connectivity index is 1.57. The van der Waals surface area contributed by atoms with Gasteiger partial charge in [0.2, 0.25) is 10.0 Å². The summed E-state index contributed by atoms with van der Waals surface area (Å²) in [6.07, 6.45) is 0.638. The third-order valence-electron chi connectivity index (χ3n) is 5.45. The number of nitrogens with zero attached hydrogens (tertiary/aromatic N) is 2. The lowest BCUT2D eigenvalue weighted by Gasteiger charge is -2.20. The van der Waals surface area contributed by atoms with Gasteiger partial charge >= 0.3 is 0 Å². The van der Waals surface area contributed by atoms with E-state index in [1.54, 1.807) is 30.1 Å². The summed E-state index contributed by atoms with van der Waals surface area (Å²) in [7, 11) is -2.04. The van der Waals surface area contributed by atoms with Gasteiger partial charge in [-0.25, -0.2) is 8.42 Å². The highest BCUT2D eigenvalue weighted by molar-refractivity contribution is 7.89. The molecule has 0 aromatic heterocycles. The Morgan fingerprint density at radius 2 is 1.70 bits per heavy atom. The number of rotatable bonds is 5. The van der Waals surface area contributed by atoms with Gasteiger partial charge in [-0.1, -0.05) is 48.0 Å². The predicted octanol–water partition coefficient (Wildman–Crippen LogP) is 4.02. The van der Waals surface area contributed by atoms with Crippen molar-refractivity contribution < 1.29 is 13.2 Å². The van der Waals surface area contributed by atoms with E-state index in [9.17, 15) is 13.2 Å². The average molecular weight is 421 g/mol. The van der Waals surface area contributed by atoms with E-state index in [-0.39, 0.29) is 10.8 Å². The molecule has 0 fully saturated rings. The monoisotopic (exact) mass is 420 g/mol. The maximum atomic E-state index is 13.1. The summed E-state index contributed by atoms with van der Waals surface area (Å²) in [6, 6.07) is 22.0. The molecule has 154 valence electrons. The molecule has 0 N–H and O–H groups in total. The van der Waals surface area contributed by atoms with E-state index in [1.165, 1.54) is 4.31 Å². The number of benzene rings is 3. The molecular weight excluding hydrogens is 396 g/mol. The van der Waals surface area contributed by atoms with Crippen molar-refractivity contribution in [3.63, 3.8) is 0 Å². The van der Waals surface area contributed by atoms with Crippen LogP contribution in [-0.2, 0) is 23.0 Å². The molecule has 0 spiro atoms. The molecule has 0 saturated heterocycles. The van der Waals surface area contributed by atoms with Crippen molar-refractivity contribution in [1.82, 2.24) is 4.31 Å². The molecule has 1 amide bonds. The van der Waals surface area contributed by atoms with Crippen LogP contribution in [0.25, 0.3) is 0 Å². The van der Waals surface area contributed by atoms with E-state index in [0.29, 0.717) is 25.1 Å². The third-order valence-corrected chi connectivity index (χ3v) is 7.25. The number of sulfonamides is 1. The molecule has 0 saturated carbocycles. The van der Waals surface area contributed by atoms with Crippen molar-refractivity contribution >= 4 is 21.6 Å². The highest BCUT2D eigenvalue weighted by Gasteiger charge is 2.28. The Bertz CT molecular complexity index is 1170. The van der Waals surface area contributed by atoms with Crippen molar-refractivity contribution in [2.24, 2.45) is 0 Å². The molecule has 0 atom stereocenters. The summed E-state index contributed by atoms with van der Waals surface area (Å²) in [5, 5.41) is 0. The van der Waals surface area contributed by atoms with Gasteiger partial charge in [0, 0.05) is 31.4 Å². The maximum absolute atomic E-state index is 13.1. The van der Waals surface area contributed by atoms with Crippen LogP contribution in [0.5, 0.6) is 0 Å². The van der Waals surface area contributed by atoms with E-state index in [1.807, 2.05) is 61.5 Å². The van der Waals surface area contributed by atoms with Gasteiger partial charge in [-0.2, -0.15) is 4.31 Å². The minimum Gasteiger partial charge on any atom is -0.308 e. The summed E-state index contributed by atoms with van der Waals surface area (Å²) in [4.78, 5) is 14.9. The fourth-order valence-electron chi connectivity index (χ4n) is 3.71. The number of hydrogen-bond acceptors (Lipinski definition) is 3. The standard InChI is InChI=1S/C24H24N2O3S/c1-18-8-10-20(11-9-18)24(27)26-15-14-21-16-22(12-13-23(21)26)30(28,29)25(2)17-19-6-4-3-5-7-19/h3-13,16H,14-15,17H2,1-2H3. The van der Waals surface area contributed by atoms with Crippen LogP contribution in [0.4, 0.5) is 5.69 Å². The smallest absolute Gasteiger partial charge is 0.258 e. The van der Waals surface area contributed by atoms with Crippen LogP contribution in [0.3, 0.4) is 0 Å². The molecule has 0 radical (unpaired) electrons. The summed E-state index contributed by atoms with van der Waals surface area (Å²) >= 11 is 0. The number of carbonyl (C=O) groups is 1. The van der Waals surface area contributed by atoms with E-state index in [0.717, 1.165) is 22.4 Å². The number of carbonyl (C=O) groups excluding carboxylic acids is 1. The quantitative estimate of drug-likeness (QED) is 0.626. The van der Waals surface area contributed by atoms with Gasteiger partial charge in [-0.15, -0.1) is 0 Å². The molecule has 0 aliphatic carbocycles. The van der Waals surface area contributed by atoms with Crippen LogP contribution < -0.4 is 4.90 Å². The molecule has 4 rings (SSSR count). The molecule has 1 aliphatic heterocycles. The summed E-state index contributed by atoms with van der Waals surface area (Å²) in [6.45, 7) is 2.83. The SMILES string of the molecule is Cc1ccc(C(=O)N2CCc3cc(S(=O)(=O)N(C)Cc4ccccc4)ccc32)cc1. The number of amides is 1. The fraction of sp³-hybridized carbons (Fsp3) is 0.208. The molecule has 30 heavy (non-hydrogen) atoms. The van der Waals surface area contributed by atoms with Crippen molar-refractivity contribution in [2.75, 3.05) is 18.5 Å². The van der Waals surface area contributed by atoms with Gasteiger partial charge < -0.3 is 4.90 Å². The number of hydrogen-bond donors (Lipinski definition) is 0. The first kappa shape index (κ1) is 20.3. The van der Waals surface area contributed by atoms with E-state index >= 15 is 0 Å². The largest absolute Gasteiger partial charge is 0.308 e. The molecular formula is C24H24N2O3S. The lowest BCUT2D eigenvalue weighted by Crippen LogP contribution is -2.29. The highest BCUT2D eigenvalue weighted by Crippen LogP contribution is 2.32. The van der Waals surface area contributed by atoms with Gasteiger partial charge in [0.15, 0.2) is 0 Å². The molecule has 3 aromatic rings. The first-order valence-corrected chi connectivity index (χ1v) is 11.3. The molecule has 1 heterocycles. The zero-order valence-corrected chi connectivity index (χ0v) is 17.9. The fourth-order valence-corrected chi connectivity index (χ4v) is 4.92. The van der Waals surface area contributed by atoms with Crippen LogP contribution in [0.2, 0.25) is 0 Å². The predicted molar refractivity (Wildman–Crippen MR) is 118 cm³/mol. The summed E-state index contributed by atoms with van der Waals surface area (Å²) in [5.41, 5.74) is 4.32. The van der Waals surface area contributed by atoms with Crippen LogP contribution >= 0.6 is 0 Å². The maximum Gasteiger partial charge on any atom is 0.258 e. The van der Waals surface area contributed by atoms with Crippen molar-refractivity contribution in [2.45, 2.75) is 24.8 Å². The normalized spacial score (nSPS) is 13.5. The van der Waals surface area contributed by atoms with Crippen LogP contribution in [-0.4, -0.2) is 32.2 Å². The second-order valence-electron chi connectivity index (χ2n) is 7.61. The summed E-state index contributed by atoms with van der Waals surface area (Å²) in [5.74, 6) is -0.0643. The van der Waals surface area contributed by atoms with Crippen LogP contribution in [0, 0.1) is 6.92 Å². The summed E-state index contributed by atoms with van der Waals surface area (Å²) < 4.78 is 27.5. The Morgan fingerprint density at radius 1 is 1.00 bits per heavy atom. The molecule has 6 heteroatoms. The first-order valence-electron chi connectivity index (χ1n) is 9.88. The van der Waals surface area contributed by atoms with Crippen LogP contribution in [0.15, 0.2) is 77.7 Å². The van der Waals surface area contributed by atoms with Gasteiger partial charge in [0.1, 0.15) is 0 Å². The number of aryl methyl sites for hydroxylation is 1. The van der Waals surface area contributed by atoms with Gasteiger partial charge in [0.25, 0.3) is 5.91 Å². The molecule has 3 aromatic carbocycles. The van der Waals surface area contributed by atoms with Gasteiger partial charge in [-0.3, -0.25) is 4.79 Å². The lowest BCUT2D eigenvalue weighted by atomic mass is 10.1. The van der Waals surface area contributed by atoms with Crippen molar-refractivity contribution in [1.29, 1.82) is 0 Å².